The van der Waals surface area contributed by atoms with E-state index in [4.69, 9.17) is 9.84 Å². The molecule has 9 heteroatoms. The van der Waals surface area contributed by atoms with Gasteiger partial charge >= 0.3 is 0 Å². The Labute approximate surface area is 233 Å². The van der Waals surface area contributed by atoms with Crippen LogP contribution in [0.4, 0.5) is 10.2 Å². The second-order valence-electron chi connectivity index (χ2n) is 11.2. The Bertz CT molecular complexity index is 1380. The van der Waals surface area contributed by atoms with Gasteiger partial charge in [0.05, 0.1) is 28.5 Å². The van der Waals surface area contributed by atoms with E-state index in [-0.39, 0.29) is 46.7 Å². The molecule has 0 bridgehead atoms. The number of anilines is 1. The number of fused-ring (bicyclic) bond motifs is 1. The van der Waals surface area contributed by atoms with E-state index in [1.165, 1.54) is 23.9 Å². The number of benzene rings is 2. The van der Waals surface area contributed by atoms with Crippen LogP contribution in [0.3, 0.4) is 0 Å². The zero-order valence-electron chi connectivity index (χ0n) is 22.9. The number of aryl methyl sites for hydroxylation is 1. The third kappa shape index (κ3) is 5.75. The molecule has 0 saturated carbocycles. The maximum Gasteiger partial charge on any atom is 0.240 e. The van der Waals surface area contributed by atoms with E-state index in [0.29, 0.717) is 19.0 Å². The predicted molar refractivity (Wildman–Crippen MR) is 152 cm³/mol. The van der Waals surface area contributed by atoms with Gasteiger partial charge in [-0.25, -0.2) is 9.07 Å². The molecular formula is C30H35FN4O3S. The van der Waals surface area contributed by atoms with Crippen LogP contribution in [-0.4, -0.2) is 53.1 Å². The number of rotatable bonds is 6. The summed E-state index contributed by atoms with van der Waals surface area (Å²) in [6, 6.07) is 14.4. The van der Waals surface area contributed by atoms with Gasteiger partial charge < -0.3 is 10.1 Å². The summed E-state index contributed by atoms with van der Waals surface area (Å²) in [5, 5.41) is 7.72. The second kappa shape index (κ2) is 11.1. The Morgan fingerprint density at radius 1 is 1.21 bits per heavy atom. The van der Waals surface area contributed by atoms with E-state index >= 15 is 0 Å². The Kier molecular flexibility index (Phi) is 7.82. The maximum atomic E-state index is 14.4. The molecule has 2 aliphatic heterocycles. The van der Waals surface area contributed by atoms with Gasteiger partial charge in [-0.05, 0) is 49.1 Å². The van der Waals surface area contributed by atoms with Crippen molar-refractivity contribution in [2.75, 3.05) is 30.3 Å². The summed E-state index contributed by atoms with van der Waals surface area (Å²) in [6.45, 7) is 9.22. The minimum atomic E-state index is -0.384. The van der Waals surface area contributed by atoms with Crippen molar-refractivity contribution in [1.82, 2.24) is 15.1 Å². The third-order valence-corrected chi connectivity index (χ3v) is 8.40. The molecule has 0 unspecified atom stereocenters. The smallest absolute Gasteiger partial charge is 0.240 e. The molecule has 1 fully saturated rings. The molecule has 39 heavy (non-hydrogen) atoms. The normalized spacial score (nSPS) is 19.6. The van der Waals surface area contributed by atoms with Crippen molar-refractivity contribution in [2.45, 2.75) is 57.3 Å². The molecule has 2 aromatic carbocycles. The van der Waals surface area contributed by atoms with Gasteiger partial charge in [0.15, 0.2) is 0 Å². The van der Waals surface area contributed by atoms with Crippen LogP contribution in [-0.2, 0) is 19.7 Å². The molecule has 1 aromatic heterocycles. The van der Waals surface area contributed by atoms with Crippen LogP contribution in [0, 0.1) is 12.7 Å². The first-order valence-corrected chi connectivity index (χ1v) is 14.4. The van der Waals surface area contributed by atoms with Gasteiger partial charge in [-0.1, -0.05) is 51.1 Å². The molecule has 206 valence electrons. The van der Waals surface area contributed by atoms with Crippen LogP contribution in [0.5, 0.6) is 0 Å². The molecule has 3 heterocycles. The standard InChI is InChI=1S/C30H35FN4O3S/c1-19-9-5-6-13-23(19)35-29-26(28(33-35)30(2,3)4)27(20-10-7-11-21(31)15-20)39-18-25(37)34(29)17-24(36)32-16-22-12-8-14-38-22/h5-7,9-11,13,15,22,27H,8,12,14,16-18H2,1-4H3,(H,32,36)/t22-,27-/m0/s1. The molecular weight excluding hydrogens is 515 g/mol. The molecule has 0 radical (unpaired) electrons. The number of ether oxygens (including phenoxy) is 1. The summed E-state index contributed by atoms with van der Waals surface area (Å²) >= 11 is 1.44. The Morgan fingerprint density at radius 2 is 2.00 bits per heavy atom. The minimum Gasteiger partial charge on any atom is -0.376 e. The second-order valence-corrected chi connectivity index (χ2v) is 12.3. The van der Waals surface area contributed by atoms with Crippen LogP contribution in [0.2, 0.25) is 0 Å². The molecule has 3 aromatic rings. The van der Waals surface area contributed by atoms with Gasteiger partial charge in [0.2, 0.25) is 11.8 Å². The number of para-hydroxylation sites is 1. The summed E-state index contributed by atoms with van der Waals surface area (Å²) in [4.78, 5) is 28.5. The number of hydrogen-bond acceptors (Lipinski definition) is 5. The van der Waals surface area contributed by atoms with Crippen molar-refractivity contribution in [3.05, 3.63) is 76.7 Å². The van der Waals surface area contributed by atoms with Crippen LogP contribution in [0.15, 0.2) is 48.5 Å². The lowest BCUT2D eigenvalue weighted by Crippen LogP contribution is -2.44. The molecule has 0 spiro atoms. The average Bonchev–Trinajstić information content (AvgIpc) is 3.52. The number of thioether (sulfide) groups is 1. The van der Waals surface area contributed by atoms with Crippen LogP contribution in [0.25, 0.3) is 5.69 Å². The number of nitrogens with one attached hydrogen (secondary N) is 1. The molecule has 7 nitrogen and oxygen atoms in total. The monoisotopic (exact) mass is 550 g/mol. The van der Waals surface area contributed by atoms with Gasteiger partial charge in [-0.3, -0.25) is 14.5 Å². The van der Waals surface area contributed by atoms with E-state index in [2.05, 4.69) is 26.1 Å². The number of nitrogens with zero attached hydrogens (tertiary/aromatic N) is 3. The molecule has 2 aliphatic rings. The summed E-state index contributed by atoms with van der Waals surface area (Å²) in [5.41, 5.74) is 3.82. The maximum absolute atomic E-state index is 14.4. The van der Waals surface area contributed by atoms with Crippen molar-refractivity contribution >= 4 is 29.4 Å². The van der Waals surface area contributed by atoms with E-state index in [0.717, 1.165) is 40.9 Å². The summed E-state index contributed by atoms with van der Waals surface area (Å²) in [7, 11) is 0. The Hall–Kier alpha value is -3.17. The third-order valence-electron chi connectivity index (χ3n) is 7.15. The fourth-order valence-corrected chi connectivity index (χ4v) is 6.40. The lowest BCUT2D eigenvalue weighted by atomic mass is 9.87. The quantitative estimate of drug-likeness (QED) is 0.463. The number of carbonyl (C=O) groups is 2. The van der Waals surface area contributed by atoms with Crippen molar-refractivity contribution in [2.24, 2.45) is 0 Å². The van der Waals surface area contributed by atoms with Gasteiger partial charge in [0, 0.05) is 24.1 Å². The SMILES string of the molecule is Cc1ccccc1-n1nc(C(C)(C)C)c2c1N(CC(=O)NC[C@@H]1CCCO1)C(=O)CS[C@H]2c1cccc(F)c1. The summed E-state index contributed by atoms with van der Waals surface area (Å²) in [5.74, 6) is -0.0758. The van der Waals surface area contributed by atoms with E-state index in [1.807, 2.05) is 37.3 Å². The number of hydrogen-bond donors (Lipinski definition) is 1. The van der Waals surface area contributed by atoms with Crippen LogP contribution >= 0.6 is 11.8 Å². The van der Waals surface area contributed by atoms with E-state index < -0.39 is 0 Å². The molecule has 1 saturated heterocycles. The lowest BCUT2D eigenvalue weighted by Gasteiger charge is -2.25. The fraction of sp³-hybridized carbons (Fsp3) is 0.433. The Balaban J connectivity index is 1.66. The number of halogens is 1. The fourth-order valence-electron chi connectivity index (χ4n) is 5.21. The molecule has 2 atom stereocenters. The predicted octanol–water partition coefficient (Wildman–Crippen LogP) is 5.08. The Morgan fingerprint density at radius 3 is 2.69 bits per heavy atom. The van der Waals surface area contributed by atoms with E-state index in [1.54, 1.807) is 15.6 Å². The highest BCUT2D eigenvalue weighted by molar-refractivity contribution is 8.00. The molecule has 0 aliphatic carbocycles. The summed E-state index contributed by atoms with van der Waals surface area (Å²) in [6.07, 6.45) is 1.90. The number of aromatic nitrogens is 2. The van der Waals surface area contributed by atoms with Gasteiger partial charge in [-0.15, -0.1) is 11.8 Å². The van der Waals surface area contributed by atoms with E-state index in [9.17, 15) is 14.0 Å². The molecule has 2 amide bonds. The molecule has 5 rings (SSSR count). The molecule has 1 N–H and O–H groups in total. The van der Waals surface area contributed by atoms with Crippen molar-refractivity contribution in [3.63, 3.8) is 0 Å². The summed E-state index contributed by atoms with van der Waals surface area (Å²) < 4.78 is 21.9. The highest BCUT2D eigenvalue weighted by atomic mass is 32.2. The van der Waals surface area contributed by atoms with Gasteiger partial charge in [0.1, 0.15) is 18.2 Å². The number of amides is 2. The zero-order chi connectivity index (χ0) is 27.7. The van der Waals surface area contributed by atoms with Crippen LogP contribution in [0.1, 0.15) is 61.2 Å². The van der Waals surface area contributed by atoms with Crippen molar-refractivity contribution in [3.8, 4) is 5.69 Å². The van der Waals surface area contributed by atoms with Crippen molar-refractivity contribution in [1.29, 1.82) is 0 Å². The largest absolute Gasteiger partial charge is 0.376 e. The number of carbonyl (C=O) groups excluding carboxylic acids is 2. The topological polar surface area (TPSA) is 76.5 Å². The first-order chi connectivity index (χ1) is 18.6. The first-order valence-electron chi connectivity index (χ1n) is 13.4. The average molecular weight is 551 g/mol. The minimum absolute atomic E-state index is 0.00208. The van der Waals surface area contributed by atoms with Crippen molar-refractivity contribution < 1.29 is 18.7 Å². The zero-order valence-corrected chi connectivity index (χ0v) is 23.7. The lowest BCUT2D eigenvalue weighted by molar-refractivity contribution is -0.123. The highest BCUT2D eigenvalue weighted by Crippen LogP contribution is 2.48. The highest BCUT2D eigenvalue weighted by Gasteiger charge is 2.40. The van der Waals surface area contributed by atoms with Crippen LogP contribution < -0.4 is 10.2 Å². The first kappa shape index (κ1) is 27.4. The van der Waals surface area contributed by atoms with Gasteiger partial charge in [0.25, 0.3) is 0 Å². The van der Waals surface area contributed by atoms with Gasteiger partial charge in [-0.2, -0.15) is 5.10 Å².